The fourth-order valence-corrected chi connectivity index (χ4v) is 2.41. The van der Waals surface area contributed by atoms with Gasteiger partial charge in [0.2, 0.25) is 0 Å². The molecular weight excluding hydrogens is 300 g/mol. The van der Waals surface area contributed by atoms with E-state index in [1.54, 1.807) is 37.4 Å². The standard InChI is InChI=1S/C16H13ClN4O/c1-10-14(16(22)19-13-8-4-5-9-18-13)15(21-20-10)11-6-2-3-7-12(11)17/h2-9H,1H3,(H,20,21)(H,18,19,22). The number of anilines is 1. The lowest BCUT2D eigenvalue weighted by Gasteiger charge is -2.07. The Balaban J connectivity index is 1.99. The number of hydrogen-bond donors (Lipinski definition) is 2. The summed E-state index contributed by atoms with van der Waals surface area (Å²) < 4.78 is 0. The monoisotopic (exact) mass is 312 g/mol. The van der Waals surface area contributed by atoms with Gasteiger partial charge >= 0.3 is 0 Å². The van der Waals surface area contributed by atoms with Crippen LogP contribution in [0.25, 0.3) is 11.3 Å². The number of nitrogens with zero attached hydrogens (tertiary/aromatic N) is 2. The Kier molecular flexibility index (Phi) is 3.89. The molecule has 1 aromatic carbocycles. The van der Waals surface area contributed by atoms with Gasteiger partial charge in [-0.05, 0) is 25.1 Å². The zero-order valence-electron chi connectivity index (χ0n) is 11.8. The number of hydrogen-bond acceptors (Lipinski definition) is 3. The van der Waals surface area contributed by atoms with E-state index < -0.39 is 0 Å². The Bertz CT molecular complexity index is 814. The van der Waals surface area contributed by atoms with Gasteiger partial charge in [0.25, 0.3) is 5.91 Å². The number of nitrogens with one attached hydrogen (secondary N) is 2. The maximum atomic E-state index is 12.5. The molecule has 0 aliphatic rings. The zero-order chi connectivity index (χ0) is 15.5. The Morgan fingerprint density at radius 2 is 1.95 bits per heavy atom. The number of rotatable bonds is 3. The van der Waals surface area contributed by atoms with Crippen molar-refractivity contribution in [1.82, 2.24) is 15.2 Å². The van der Waals surface area contributed by atoms with Crippen molar-refractivity contribution < 1.29 is 4.79 Å². The van der Waals surface area contributed by atoms with E-state index in [1.807, 2.05) is 18.2 Å². The second-order valence-electron chi connectivity index (χ2n) is 4.71. The van der Waals surface area contributed by atoms with E-state index in [0.29, 0.717) is 27.8 Å². The molecule has 0 aliphatic carbocycles. The number of aryl methyl sites for hydroxylation is 1. The second-order valence-corrected chi connectivity index (χ2v) is 5.12. The zero-order valence-corrected chi connectivity index (χ0v) is 12.6. The molecule has 0 atom stereocenters. The molecule has 22 heavy (non-hydrogen) atoms. The first-order valence-electron chi connectivity index (χ1n) is 6.69. The molecule has 6 heteroatoms. The van der Waals surface area contributed by atoms with Crippen molar-refractivity contribution in [2.24, 2.45) is 0 Å². The Morgan fingerprint density at radius 1 is 1.18 bits per heavy atom. The lowest BCUT2D eigenvalue weighted by Crippen LogP contribution is -2.14. The minimum atomic E-state index is -0.278. The predicted molar refractivity (Wildman–Crippen MR) is 86.0 cm³/mol. The molecule has 2 N–H and O–H groups in total. The molecule has 5 nitrogen and oxygen atoms in total. The van der Waals surface area contributed by atoms with Crippen LogP contribution in [0.5, 0.6) is 0 Å². The van der Waals surface area contributed by atoms with E-state index >= 15 is 0 Å². The molecule has 0 saturated heterocycles. The van der Waals surface area contributed by atoms with Crippen LogP contribution >= 0.6 is 11.6 Å². The quantitative estimate of drug-likeness (QED) is 0.775. The van der Waals surface area contributed by atoms with E-state index in [0.717, 1.165) is 5.56 Å². The van der Waals surface area contributed by atoms with E-state index in [4.69, 9.17) is 11.6 Å². The minimum Gasteiger partial charge on any atom is -0.306 e. The van der Waals surface area contributed by atoms with Crippen LogP contribution in [0.3, 0.4) is 0 Å². The Hall–Kier alpha value is -2.66. The second kappa shape index (κ2) is 5.99. The third-order valence-electron chi connectivity index (χ3n) is 3.22. The van der Waals surface area contributed by atoms with Gasteiger partial charge in [-0.3, -0.25) is 9.89 Å². The number of pyridine rings is 1. The van der Waals surface area contributed by atoms with Gasteiger partial charge < -0.3 is 5.32 Å². The third-order valence-corrected chi connectivity index (χ3v) is 3.55. The number of carbonyl (C=O) groups excluding carboxylic acids is 1. The molecular formula is C16H13ClN4O. The Labute approximate surface area is 132 Å². The summed E-state index contributed by atoms with van der Waals surface area (Å²) in [4.78, 5) is 16.6. The SMILES string of the molecule is Cc1n[nH]c(-c2ccccc2Cl)c1C(=O)Nc1ccccn1. The fourth-order valence-electron chi connectivity index (χ4n) is 2.18. The van der Waals surface area contributed by atoms with Crippen LogP contribution < -0.4 is 5.32 Å². The van der Waals surface area contributed by atoms with Crippen LogP contribution in [0.4, 0.5) is 5.82 Å². The molecule has 0 spiro atoms. The van der Waals surface area contributed by atoms with Gasteiger partial charge in [-0.25, -0.2) is 4.98 Å². The van der Waals surface area contributed by atoms with E-state index in [1.165, 1.54) is 0 Å². The molecule has 0 radical (unpaired) electrons. The van der Waals surface area contributed by atoms with Crippen LogP contribution in [-0.4, -0.2) is 21.1 Å². The summed E-state index contributed by atoms with van der Waals surface area (Å²) in [7, 11) is 0. The summed E-state index contributed by atoms with van der Waals surface area (Å²) >= 11 is 6.21. The van der Waals surface area contributed by atoms with Crippen molar-refractivity contribution >= 4 is 23.3 Å². The Morgan fingerprint density at radius 3 is 2.68 bits per heavy atom. The van der Waals surface area contributed by atoms with Crippen molar-refractivity contribution in [3.63, 3.8) is 0 Å². The first-order chi connectivity index (χ1) is 10.7. The van der Waals surface area contributed by atoms with Crippen molar-refractivity contribution in [2.75, 3.05) is 5.32 Å². The molecule has 2 heterocycles. The fraction of sp³-hybridized carbons (Fsp3) is 0.0625. The number of benzene rings is 1. The van der Waals surface area contributed by atoms with Crippen LogP contribution in [0.15, 0.2) is 48.7 Å². The van der Waals surface area contributed by atoms with Crippen LogP contribution in [0.2, 0.25) is 5.02 Å². The van der Waals surface area contributed by atoms with Crippen molar-refractivity contribution in [2.45, 2.75) is 6.92 Å². The maximum absolute atomic E-state index is 12.5. The first-order valence-corrected chi connectivity index (χ1v) is 7.07. The molecule has 0 fully saturated rings. The molecule has 0 aliphatic heterocycles. The average Bonchev–Trinajstić information content (AvgIpc) is 2.90. The summed E-state index contributed by atoms with van der Waals surface area (Å²) in [6.07, 6.45) is 1.62. The van der Waals surface area contributed by atoms with Crippen molar-refractivity contribution in [3.05, 3.63) is 64.9 Å². The van der Waals surface area contributed by atoms with Crippen molar-refractivity contribution in [3.8, 4) is 11.3 Å². The van der Waals surface area contributed by atoms with Crippen LogP contribution in [0.1, 0.15) is 16.1 Å². The number of amides is 1. The maximum Gasteiger partial charge on any atom is 0.260 e. The summed E-state index contributed by atoms with van der Waals surface area (Å²) in [6, 6.07) is 12.6. The van der Waals surface area contributed by atoms with Gasteiger partial charge in [0, 0.05) is 16.8 Å². The van der Waals surface area contributed by atoms with Gasteiger partial charge in [0.15, 0.2) is 0 Å². The molecule has 0 bridgehead atoms. The third kappa shape index (κ3) is 2.71. The highest BCUT2D eigenvalue weighted by molar-refractivity contribution is 6.33. The largest absolute Gasteiger partial charge is 0.306 e. The number of aromatic amines is 1. The predicted octanol–water partition coefficient (Wildman–Crippen LogP) is 3.69. The van der Waals surface area contributed by atoms with E-state index in [-0.39, 0.29) is 5.91 Å². The highest BCUT2D eigenvalue weighted by atomic mass is 35.5. The average molecular weight is 313 g/mol. The lowest BCUT2D eigenvalue weighted by atomic mass is 10.1. The molecule has 110 valence electrons. The lowest BCUT2D eigenvalue weighted by molar-refractivity contribution is 0.102. The van der Waals surface area contributed by atoms with Gasteiger partial charge in [-0.1, -0.05) is 35.9 Å². The molecule has 1 amide bonds. The van der Waals surface area contributed by atoms with Crippen molar-refractivity contribution in [1.29, 1.82) is 0 Å². The van der Waals surface area contributed by atoms with Crippen LogP contribution in [0, 0.1) is 6.92 Å². The molecule has 0 saturated carbocycles. The highest BCUT2D eigenvalue weighted by Crippen LogP contribution is 2.30. The van der Waals surface area contributed by atoms with E-state index in [2.05, 4.69) is 20.5 Å². The van der Waals surface area contributed by atoms with Crippen LogP contribution in [-0.2, 0) is 0 Å². The summed E-state index contributed by atoms with van der Waals surface area (Å²) in [5, 5.41) is 10.3. The molecule has 3 aromatic rings. The number of H-pyrrole nitrogens is 1. The van der Waals surface area contributed by atoms with Gasteiger partial charge in [0.1, 0.15) is 5.82 Å². The summed E-state index contributed by atoms with van der Waals surface area (Å²) in [6.45, 7) is 1.77. The number of aromatic nitrogens is 3. The van der Waals surface area contributed by atoms with Gasteiger partial charge in [-0.15, -0.1) is 0 Å². The summed E-state index contributed by atoms with van der Waals surface area (Å²) in [5.74, 6) is 0.207. The smallest absolute Gasteiger partial charge is 0.260 e. The topological polar surface area (TPSA) is 70.7 Å². The van der Waals surface area contributed by atoms with E-state index in [9.17, 15) is 4.79 Å². The molecule has 3 rings (SSSR count). The van der Waals surface area contributed by atoms with Gasteiger partial charge in [0.05, 0.1) is 17.0 Å². The number of halogens is 1. The number of carbonyl (C=O) groups is 1. The first kappa shape index (κ1) is 14.3. The van der Waals surface area contributed by atoms with Gasteiger partial charge in [-0.2, -0.15) is 5.10 Å². The normalized spacial score (nSPS) is 10.5. The highest BCUT2D eigenvalue weighted by Gasteiger charge is 2.20. The molecule has 2 aromatic heterocycles. The molecule has 0 unspecified atom stereocenters. The minimum absolute atomic E-state index is 0.278. The summed E-state index contributed by atoms with van der Waals surface area (Å²) in [5.41, 5.74) is 2.38.